The summed E-state index contributed by atoms with van der Waals surface area (Å²) in [5.74, 6) is -2.94. The molecule has 0 radical (unpaired) electrons. The number of para-hydroxylation sites is 1. The van der Waals surface area contributed by atoms with Crippen LogP contribution in [0.4, 0.5) is 0 Å². The zero-order valence-electron chi connectivity index (χ0n) is 25.6. The summed E-state index contributed by atoms with van der Waals surface area (Å²) in [6.45, 7) is 2.71. The van der Waals surface area contributed by atoms with Gasteiger partial charge in [0.25, 0.3) is 5.91 Å². The van der Waals surface area contributed by atoms with Gasteiger partial charge in [0, 0.05) is 73.4 Å². The van der Waals surface area contributed by atoms with E-state index in [4.69, 9.17) is 44.1 Å². The molecule has 10 nitrogen and oxygen atoms in total. The molecule has 2 heterocycles. The SMILES string of the molecule is CN(CC(CCN1CCc2nc3ccccc3c(C(N)=O)c2C1)c1ccc(Cl)c(Cl)c1)C(=O)c1ccccc1.O=C(O)/C=C/C(=O)O. The van der Waals surface area contributed by atoms with Gasteiger partial charge in [-0.3, -0.25) is 19.5 Å². The van der Waals surface area contributed by atoms with Crippen LogP contribution in [0.2, 0.25) is 10.0 Å². The lowest BCUT2D eigenvalue weighted by Gasteiger charge is -2.32. The molecule has 0 saturated carbocycles. The highest BCUT2D eigenvalue weighted by atomic mass is 35.5. The van der Waals surface area contributed by atoms with Gasteiger partial charge in [-0.2, -0.15) is 0 Å². The Bertz CT molecular complexity index is 1800. The van der Waals surface area contributed by atoms with Crippen molar-refractivity contribution in [1.29, 1.82) is 0 Å². The van der Waals surface area contributed by atoms with E-state index in [9.17, 15) is 19.2 Å². The number of benzene rings is 3. The van der Waals surface area contributed by atoms with Gasteiger partial charge in [-0.15, -0.1) is 0 Å². The predicted octanol–water partition coefficient (Wildman–Crippen LogP) is 5.66. The number of pyridine rings is 1. The van der Waals surface area contributed by atoms with Crippen LogP contribution < -0.4 is 5.73 Å². The molecule has 1 aromatic heterocycles. The Morgan fingerprint density at radius 3 is 2.26 bits per heavy atom. The smallest absolute Gasteiger partial charge is 0.328 e. The lowest BCUT2D eigenvalue weighted by Crippen LogP contribution is -2.36. The van der Waals surface area contributed by atoms with Crippen molar-refractivity contribution in [2.45, 2.75) is 25.3 Å². The highest BCUT2D eigenvalue weighted by Crippen LogP contribution is 2.31. The molecule has 1 unspecified atom stereocenters. The molecule has 0 bridgehead atoms. The standard InChI is InChI=1S/C31H30Cl2N4O2.C4H4O4/c1-36(31(39)20-7-3-2-4-8-20)18-22(21-11-12-25(32)26(33)17-21)13-15-37-16-14-28-24(19-37)29(30(34)38)23-9-5-6-10-27(23)35-28;5-3(6)1-2-4(7)8/h2-12,17,22H,13-16,18-19H2,1H3,(H2,34,38);1-2H,(H,5,6)(H,7,8)/b;2-1+. The molecule has 0 spiro atoms. The number of hydrogen-bond donors (Lipinski definition) is 3. The van der Waals surface area contributed by atoms with E-state index < -0.39 is 17.8 Å². The number of likely N-dealkylation sites (N-methyl/N-ethyl adjacent to an activating group) is 1. The average molecular weight is 678 g/mol. The highest BCUT2D eigenvalue weighted by Gasteiger charge is 2.26. The maximum atomic E-state index is 13.1. The van der Waals surface area contributed by atoms with E-state index in [-0.39, 0.29) is 11.8 Å². The number of amides is 2. The predicted molar refractivity (Wildman–Crippen MR) is 181 cm³/mol. The monoisotopic (exact) mass is 676 g/mol. The number of fused-ring (bicyclic) bond motifs is 2. The number of aromatic nitrogens is 1. The van der Waals surface area contributed by atoms with Crippen molar-refractivity contribution < 1.29 is 29.4 Å². The molecule has 1 aliphatic rings. The summed E-state index contributed by atoms with van der Waals surface area (Å²) in [7, 11) is 1.83. The van der Waals surface area contributed by atoms with Crippen molar-refractivity contribution in [3.63, 3.8) is 0 Å². The van der Waals surface area contributed by atoms with Gasteiger partial charge in [0.05, 0.1) is 21.1 Å². The minimum Gasteiger partial charge on any atom is -0.478 e. The number of rotatable bonds is 10. The molecular formula is C35H34Cl2N4O6. The Morgan fingerprint density at radius 2 is 1.62 bits per heavy atom. The summed E-state index contributed by atoms with van der Waals surface area (Å²) >= 11 is 12.6. The Labute approximate surface area is 282 Å². The van der Waals surface area contributed by atoms with Gasteiger partial charge in [-0.25, -0.2) is 9.59 Å². The van der Waals surface area contributed by atoms with Crippen molar-refractivity contribution >= 4 is 57.9 Å². The van der Waals surface area contributed by atoms with Crippen molar-refractivity contribution in [3.8, 4) is 0 Å². The van der Waals surface area contributed by atoms with Crippen LogP contribution in [0.5, 0.6) is 0 Å². The number of carbonyl (C=O) groups excluding carboxylic acids is 2. The second-order valence-electron chi connectivity index (χ2n) is 11.0. The molecule has 4 aromatic rings. The number of nitrogens with two attached hydrogens (primary N) is 1. The fraction of sp³-hybridized carbons (Fsp3) is 0.229. The Morgan fingerprint density at radius 1 is 0.957 bits per heavy atom. The van der Waals surface area contributed by atoms with Crippen molar-refractivity contribution in [1.82, 2.24) is 14.8 Å². The molecule has 244 valence electrons. The third-order valence-electron chi connectivity index (χ3n) is 7.81. The molecule has 3 aromatic carbocycles. The lowest BCUT2D eigenvalue weighted by molar-refractivity contribution is -0.134. The van der Waals surface area contributed by atoms with Gasteiger partial charge in [-0.05, 0) is 48.9 Å². The summed E-state index contributed by atoms with van der Waals surface area (Å²) < 4.78 is 0. The number of hydrogen-bond acceptors (Lipinski definition) is 6. The fourth-order valence-corrected chi connectivity index (χ4v) is 5.85. The van der Waals surface area contributed by atoms with Gasteiger partial charge in [-0.1, -0.05) is 65.7 Å². The van der Waals surface area contributed by atoms with E-state index in [2.05, 4.69) is 4.90 Å². The Balaban J connectivity index is 0.000000555. The van der Waals surface area contributed by atoms with Crippen LogP contribution in [-0.2, 0) is 22.6 Å². The van der Waals surface area contributed by atoms with Crippen molar-refractivity contribution in [2.24, 2.45) is 5.73 Å². The molecule has 5 rings (SSSR count). The van der Waals surface area contributed by atoms with E-state index in [1.54, 1.807) is 11.0 Å². The lowest BCUT2D eigenvalue weighted by atomic mass is 9.92. The molecule has 1 aliphatic heterocycles. The summed E-state index contributed by atoms with van der Waals surface area (Å²) in [5.41, 5.74) is 10.7. The van der Waals surface area contributed by atoms with E-state index in [1.807, 2.05) is 73.8 Å². The second-order valence-corrected chi connectivity index (χ2v) is 11.9. The maximum absolute atomic E-state index is 13.1. The van der Waals surface area contributed by atoms with E-state index in [0.717, 1.165) is 53.7 Å². The minimum absolute atomic E-state index is 0.0309. The number of carboxylic acid groups (broad SMARTS) is 2. The van der Waals surface area contributed by atoms with E-state index >= 15 is 0 Å². The molecule has 0 aliphatic carbocycles. The molecule has 2 amide bonds. The van der Waals surface area contributed by atoms with Crippen molar-refractivity contribution in [2.75, 3.05) is 26.7 Å². The molecule has 12 heteroatoms. The molecule has 0 fully saturated rings. The van der Waals surface area contributed by atoms with Crippen LogP contribution in [0.15, 0.2) is 84.9 Å². The summed E-state index contributed by atoms with van der Waals surface area (Å²) in [6.07, 6.45) is 2.64. The number of aliphatic carboxylic acids is 2. The zero-order chi connectivity index (χ0) is 34.1. The minimum atomic E-state index is -1.26. The van der Waals surface area contributed by atoms with Crippen LogP contribution >= 0.6 is 23.2 Å². The van der Waals surface area contributed by atoms with Crippen LogP contribution in [0.1, 0.15) is 49.9 Å². The summed E-state index contributed by atoms with van der Waals surface area (Å²) in [6, 6.07) is 22.6. The summed E-state index contributed by atoms with van der Waals surface area (Å²) in [5, 5.41) is 17.4. The zero-order valence-corrected chi connectivity index (χ0v) is 27.1. The van der Waals surface area contributed by atoms with Gasteiger partial charge < -0.3 is 20.8 Å². The van der Waals surface area contributed by atoms with Crippen molar-refractivity contribution in [3.05, 3.63) is 123 Å². The van der Waals surface area contributed by atoms with E-state index in [0.29, 0.717) is 46.4 Å². The molecule has 4 N–H and O–H groups in total. The Kier molecular flexibility index (Phi) is 12.1. The third-order valence-corrected chi connectivity index (χ3v) is 8.55. The molecule has 47 heavy (non-hydrogen) atoms. The quantitative estimate of drug-likeness (QED) is 0.182. The Hall–Kier alpha value is -4.77. The summed E-state index contributed by atoms with van der Waals surface area (Å²) in [4.78, 5) is 53.7. The average Bonchev–Trinajstić information content (AvgIpc) is 3.05. The number of primary amides is 1. The first-order chi connectivity index (χ1) is 22.4. The van der Waals surface area contributed by atoms with Crippen LogP contribution in [0.3, 0.4) is 0 Å². The van der Waals surface area contributed by atoms with Gasteiger partial charge in [0.15, 0.2) is 0 Å². The molecule has 1 atom stereocenters. The van der Waals surface area contributed by atoms with Gasteiger partial charge in [0.1, 0.15) is 0 Å². The number of nitrogens with zero attached hydrogens (tertiary/aromatic N) is 3. The third kappa shape index (κ3) is 9.38. The topological polar surface area (TPSA) is 154 Å². The number of halogens is 2. The normalized spacial score (nSPS) is 13.3. The number of carboxylic acids is 2. The van der Waals surface area contributed by atoms with Gasteiger partial charge in [0.2, 0.25) is 5.91 Å². The molecule has 0 saturated heterocycles. The fourth-order valence-electron chi connectivity index (χ4n) is 5.54. The first-order valence-corrected chi connectivity index (χ1v) is 15.5. The highest BCUT2D eigenvalue weighted by molar-refractivity contribution is 6.42. The number of carbonyl (C=O) groups is 4. The first kappa shape index (κ1) is 35.1. The first-order valence-electron chi connectivity index (χ1n) is 14.8. The van der Waals surface area contributed by atoms with Gasteiger partial charge >= 0.3 is 11.9 Å². The maximum Gasteiger partial charge on any atom is 0.328 e. The van der Waals surface area contributed by atoms with E-state index in [1.165, 1.54) is 0 Å². The second kappa shape index (κ2) is 16.2. The van der Waals surface area contributed by atoms with Crippen LogP contribution in [0.25, 0.3) is 10.9 Å². The molecular weight excluding hydrogens is 643 g/mol. The largest absolute Gasteiger partial charge is 0.478 e. The van der Waals surface area contributed by atoms with Crippen LogP contribution in [0, 0.1) is 0 Å². The van der Waals surface area contributed by atoms with Crippen LogP contribution in [-0.4, -0.2) is 75.4 Å².